The molecule has 1 heterocycles. The van der Waals surface area contributed by atoms with E-state index in [4.69, 9.17) is 14.6 Å². The van der Waals surface area contributed by atoms with Gasteiger partial charge in [-0.3, -0.25) is 4.79 Å². The first-order valence-corrected chi connectivity index (χ1v) is 8.09. The number of carbonyl (C=O) groups excluding carboxylic acids is 1. The Morgan fingerprint density at radius 3 is 2.29 bits per heavy atom. The summed E-state index contributed by atoms with van der Waals surface area (Å²) in [6, 6.07) is 9.08. The number of nitrogens with zero attached hydrogens (tertiary/aromatic N) is 3. The second-order valence-corrected chi connectivity index (χ2v) is 5.61. The van der Waals surface area contributed by atoms with Gasteiger partial charge in [-0.05, 0) is 35.6 Å². The highest BCUT2D eigenvalue weighted by Crippen LogP contribution is 2.35. The fourth-order valence-electron chi connectivity index (χ4n) is 2.54. The van der Waals surface area contributed by atoms with Crippen molar-refractivity contribution in [3.8, 4) is 22.9 Å². The molecule has 0 aliphatic rings. The van der Waals surface area contributed by atoms with Gasteiger partial charge >= 0.3 is 5.97 Å². The van der Waals surface area contributed by atoms with Crippen LogP contribution >= 0.6 is 0 Å². The van der Waals surface area contributed by atoms with Gasteiger partial charge in [0.25, 0.3) is 0 Å². The maximum atomic E-state index is 12.4. The topological polar surface area (TPSA) is 127 Å². The molecule has 0 saturated heterocycles. The van der Waals surface area contributed by atoms with Gasteiger partial charge in [0.05, 0.1) is 25.3 Å². The van der Waals surface area contributed by atoms with Crippen LogP contribution in [0.3, 0.4) is 0 Å². The van der Waals surface area contributed by atoms with Crippen LogP contribution in [-0.4, -0.2) is 51.7 Å². The number of aromatic nitrogens is 4. The van der Waals surface area contributed by atoms with Crippen LogP contribution in [0.2, 0.25) is 0 Å². The second kappa shape index (κ2) is 8.12. The van der Waals surface area contributed by atoms with E-state index in [2.05, 4.69) is 20.6 Å². The summed E-state index contributed by atoms with van der Waals surface area (Å²) in [7, 11) is 3.02. The quantitative estimate of drug-likeness (QED) is 0.473. The number of benzene rings is 2. The van der Waals surface area contributed by atoms with Crippen LogP contribution in [0.4, 0.5) is 0 Å². The van der Waals surface area contributed by atoms with Gasteiger partial charge in [-0.1, -0.05) is 12.1 Å². The van der Waals surface area contributed by atoms with Gasteiger partial charge < -0.3 is 14.6 Å². The van der Waals surface area contributed by atoms with E-state index in [0.717, 1.165) is 0 Å². The Hall–Kier alpha value is -4.01. The number of carbonyl (C=O) groups is 2. The van der Waals surface area contributed by atoms with E-state index in [1.165, 1.54) is 44.6 Å². The summed E-state index contributed by atoms with van der Waals surface area (Å²) in [4.78, 5) is 23.3. The van der Waals surface area contributed by atoms with Crippen LogP contribution in [0, 0.1) is 0 Å². The van der Waals surface area contributed by atoms with Crippen molar-refractivity contribution in [2.75, 3.05) is 14.2 Å². The van der Waals surface area contributed by atoms with E-state index >= 15 is 0 Å². The third-order valence-electron chi connectivity index (χ3n) is 3.97. The molecule has 9 heteroatoms. The number of tetrazole rings is 1. The van der Waals surface area contributed by atoms with Crippen LogP contribution in [0.1, 0.15) is 26.3 Å². The second-order valence-electron chi connectivity index (χ2n) is 5.61. The number of aromatic amines is 1. The number of nitrogens with one attached hydrogen (secondary N) is 1. The van der Waals surface area contributed by atoms with E-state index in [-0.39, 0.29) is 11.3 Å². The minimum absolute atomic E-state index is 0.113. The first-order chi connectivity index (χ1) is 13.5. The number of methoxy groups -OCH3 is 2. The van der Waals surface area contributed by atoms with Crippen LogP contribution in [0.15, 0.2) is 42.5 Å². The molecule has 2 aromatic carbocycles. The summed E-state index contributed by atoms with van der Waals surface area (Å²) in [5, 5.41) is 22.8. The van der Waals surface area contributed by atoms with E-state index < -0.39 is 5.97 Å². The molecule has 9 nitrogen and oxygen atoms in total. The number of aromatic carboxylic acids is 1. The van der Waals surface area contributed by atoms with Crippen LogP contribution in [-0.2, 0) is 0 Å². The third kappa shape index (κ3) is 3.88. The minimum atomic E-state index is -1.05. The van der Waals surface area contributed by atoms with Crippen molar-refractivity contribution in [2.24, 2.45) is 0 Å². The molecule has 0 amide bonds. The number of ketones is 1. The molecule has 0 fully saturated rings. The van der Waals surface area contributed by atoms with Gasteiger partial charge in [0.2, 0.25) is 5.82 Å². The Balaban J connectivity index is 1.93. The molecule has 0 aliphatic carbocycles. The summed E-state index contributed by atoms with van der Waals surface area (Å²) in [5.41, 5.74) is 1.67. The summed E-state index contributed by atoms with van der Waals surface area (Å²) < 4.78 is 10.7. The molecule has 0 unspecified atom stereocenters. The third-order valence-corrected chi connectivity index (χ3v) is 3.97. The van der Waals surface area contributed by atoms with Crippen LogP contribution in [0.25, 0.3) is 17.5 Å². The monoisotopic (exact) mass is 380 g/mol. The average molecular weight is 380 g/mol. The Morgan fingerprint density at radius 2 is 1.71 bits per heavy atom. The molecule has 0 aliphatic heterocycles. The molecular formula is C19H16N4O5. The van der Waals surface area contributed by atoms with Crippen LogP contribution < -0.4 is 9.47 Å². The van der Waals surface area contributed by atoms with Gasteiger partial charge in [-0.25, -0.2) is 4.79 Å². The predicted octanol–water partition coefficient (Wildman–Crippen LogP) is 2.48. The highest BCUT2D eigenvalue weighted by molar-refractivity contribution is 6.07. The SMILES string of the molecule is COc1cc(OC)c(-c2nn[nH]n2)cc1/C=C/C(=O)c1ccc(C(=O)O)cc1. The number of hydrogen-bond acceptors (Lipinski definition) is 7. The van der Waals surface area contributed by atoms with E-state index in [0.29, 0.717) is 34.0 Å². The zero-order chi connectivity index (χ0) is 20.1. The number of carboxylic acids is 1. The molecule has 0 radical (unpaired) electrons. The molecule has 2 N–H and O–H groups in total. The standard InChI is InChI=1S/C19H16N4O5/c1-27-16-10-17(28-2)14(18-20-22-23-21-18)9-13(16)7-8-15(24)11-3-5-12(6-4-11)19(25)26/h3-10H,1-2H3,(H,25,26)(H,20,21,22,23)/b8-7+. The van der Waals surface area contributed by atoms with Crippen molar-refractivity contribution in [3.05, 3.63) is 59.2 Å². The van der Waals surface area contributed by atoms with E-state index in [1.807, 2.05) is 0 Å². The zero-order valence-corrected chi connectivity index (χ0v) is 15.0. The molecular weight excluding hydrogens is 364 g/mol. The molecule has 3 aromatic rings. The lowest BCUT2D eigenvalue weighted by Crippen LogP contribution is -1.99. The fraction of sp³-hybridized carbons (Fsp3) is 0.105. The largest absolute Gasteiger partial charge is 0.496 e. The summed E-state index contributed by atoms with van der Waals surface area (Å²) in [6.45, 7) is 0. The van der Waals surface area contributed by atoms with Crippen molar-refractivity contribution < 1.29 is 24.2 Å². The Morgan fingerprint density at radius 1 is 1.04 bits per heavy atom. The summed E-state index contributed by atoms with van der Waals surface area (Å²) >= 11 is 0. The first kappa shape index (κ1) is 18.8. The number of ether oxygens (including phenoxy) is 2. The molecule has 142 valence electrons. The zero-order valence-electron chi connectivity index (χ0n) is 15.0. The highest BCUT2D eigenvalue weighted by atomic mass is 16.5. The van der Waals surface area contributed by atoms with Crippen molar-refractivity contribution in [1.82, 2.24) is 20.6 Å². The smallest absolute Gasteiger partial charge is 0.335 e. The molecule has 1 aromatic heterocycles. The number of allylic oxidation sites excluding steroid dienone is 1. The fourth-order valence-corrected chi connectivity index (χ4v) is 2.54. The average Bonchev–Trinajstić information content (AvgIpc) is 3.26. The van der Waals surface area contributed by atoms with Crippen molar-refractivity contribution in [3.63, 3.8) is 0 Å². The number of hydrogen-bond donors (Lipinski definition) is 2. The molecule has 0 spiro atoms. The van der Waals surface area contributed by atoms with Crippen molar-refractivity contribution in [1.29, 1.82) is 0 Å². The first-order valence-electron chi connectivity index (χ1n) is 8.09. The number of H-pyrrole nitrogens is 1. The Labute approximate surface area is 159 Å². The van der Waals surface area contributed by atoms with Gasteiger partial charge in [0.15, 0.2) is 5.78 Å². The summed E-state index contributed by atoms with van der Waals surface area (Å²) in [5.74, 6) is -0.00692. The van der Waals surface area contributed by atoms with Gasteiger partial charge in [-0.15, -0.1) is 10.2 Å². The van der Waals surface area contributed by atoms with Gasteiger partial charge in [0, 0.05) is 17.2 Å². The van der Waals surface area contributed by atoms with E-state index in [9.17, 15) is 9.59 Å². The molecule has 0 saturated carbocycles. The molecule has 0 bridgehead atoms. The normalized spacial score (nSPS) is 10.8. The van der Waals surface area contributed by atoms with Gasteiger partial charge in [0.1, 0.15) is 11.5 Å². The maximum absolute atomic E-state index is 12.4. The summed E-state index contributed by atoms with van der Waals surface area (Å²) in [6.07, 6.45) is 2.97. The lowest BCUT2D eigenvalue weighted by Gasteiger charge is -2.11. The van der Waals surface area contributed by atoms with Crippen molar-refractivity contribution in [2.45, 2.75) is 0 Å². The van der Waals surface area contributed by atoms with Crippen LogP contribution in [0.5, 0.6) is 11.5 Å². The molecule has 28 heavy (non-hydrogen) atoms. The molecule has 0 atom stereocenters. The van der Waals surface area contributed by atoms with Crippen molar-refractivity contribution >= 4 is 17.8 Å². The molecule has 3 rings (SSSR count). The van der Waals surface area contributed by atoms with E-state index in [1.54, 1.807) is 18.2 Å². The Bertz CT molecular complexity index is 1030. The predicted molar refractivity (Wildman–Crippen MR) is 99.5 cm³/mol. The minimum Gasteiger partial charge on any atom is -0.496 e. The lowest BCUT2D eigenvalue weighted by molar-refractivity contribution is 0.0696. The lowest BCUT2D eigenvalue weighted by atomic mass is 10.0. The number of rotatable bonds is 7. The maximum Gasteiger partial charge on any atom is 0.335 e. The highest BCUT2D eigenvalue weighted by Gasteiger charge is 2.15. The number of carboxylic acid groups (broad SMARTS) is 1. The Kier molecular flexibility index (Phi) is 5.45. The van der Waals surface area contributed by atoms with Gasteiger partial charge in [-0.2, -0.15) is 5.21 Å².